The van der Waals surface area contributed by atoms with Gasteiger partial charge >= 0.3 is 0 Å². The fraction of sp³-hybridized carbons (Fsp3) is 0.421. The Balaban J connectivity index is 1.58. The molecule has 1 aliphatic heterocycles. The number of nitrogens with one attached hydrogen (secondary N) is 1. The van der Waals surface area contributed by atoms with Crippen molar-refractivity contribution in [2.75, 3.05) is 33.9 Å². The number of amides is 2. The van der Waals surface area contributed by atoms with Gasteiger partial charge in [-0.3, -0.25) is 9.59 Å². The smallest absolute Gasteiger partial charge is 0.273 e. The molecule has 2 heterocycles. The van der Waals surface area contributed by atoms with Crippen LogP contribution in [0.5, 0.6) is 11.5 Å². The fourth-order valence-corrected chi connectivity index (χ4v) is 3.70. The molecule has 0 spiro atoms. The first-order valence-electron chi connectivity index (χ1n) is 8.79. The number of benzene rings is 1. The van der Waals surface area contributed by atoms with Gasteiger partial charge < -0.3 is 19.7 Å². The summed E-state index contributed by atoms with van der Waals surface area (Å²) in [7, 11) is 3.10. The lowest BCUT2D eigenvalue weighted by Crippen LogP contribution is -2.43. The van der Waals surface area contributed by atoms with Crippen LogP contribution in [0.1, 0.15) is 33.7 Å². The second-order valence-electron chi connectivity index (χ2n) is 6.44. The van der Waals surface area contributed by atoms with E-state index in [2.05, 4.69) is 10.3 Å². The minimum atomic E-state index is -0.185. The molecule has 1 aromatic carbocycles. The molecule has 144 valence electrons. The van der Waals surface area contributed by atoms with Crippen LogP contribution in [0.3, 0.4) is 0 Å². The fourth-order valence-electron chi connectivity index (χ4n) is 3.17. The van der Waals surface area contributed by atoms with Gasteiger partial charge in [-0.1, -0.05) is 0 Å². The monoisotopic (exact) mass is 389 g/mol. The van der Waals surface area contributed by atoms with E-state index in [1.807, 2.05) is 4.90 Å². The lowest BCUT2D eigenvalue weighted by molar-refractivity contribution is 0.0666. The molecule has 2 aromatic rings. The zero-order chi connectivity index (χ0) is 19.2. The summed E-state index contributed by atoms with van der Waals surface area (Å²) in [6, 6.07) is 5.08. The van der Waals surface area contributed by atoms with Crippen LogP contribution in [-0.2, 0) is 0 Å². The maximum Gasteiger partial charge on any atom is 0.273 e. The number of hydrogen-bond acceptors (Lipinski definition) is 6. The molecule has 0 aliphatic carbocycles. The molecule has 0 bridgehead atoms. The Morgan fingerprint density at radius 2 is 2.00 bits per heavy atom. The van der Waals surface area contributed by atoms with Gasteiger partial charge in [0, 0.05) is 36.6 Å². The van der Waals surface area contributed by atoms with Gasteiger partial charge in [-0.2, -0.15) is 0 Å². The summed E-state index contributed by atoms with van der Waals surface area (Å²) >= 11 is 1.41. The van der Waals surface area contributed by atoms with Crippen LogP contribution in [0, 0.1) is 5.92 Å². The second kappa shape index (κ2) is 8.85. The van der Waals surface area contributed by atoms with Crippen LogP contribution in [0.25, 0.3) is 0 Å². The first-order chi connectivity index (χ1) is 13.1. The van der Waals surface area contributed by atoms with E-state index in [0.717, 1.165) is 19.4 Å². The standard InChI is InChI=1S/C19H23N3O4S/c1-25-15-6-14(7-16(8-15)26-2)18(23)20-9-13-4-3-5-22(10-13)19(24)17-11-27-12-21-17/h6-8,11-13H,3-5,9-10H2,1-2H3,(H,20,23)/t13-/m0/s1. The van der Waals surface area contributed by atoms with Crippen LogP contribution in [0.2, 0.25) is 0 Å². The summed E-state index contributed by atoms with van der Waals surface area (Å²) < 4.78 is 10.4. The minimum absolute atomic E-state index is 0.0372. The average molecular weight is 389 g/mol. The number of nitrogens with zero attached hydrogens (tertiary/aromatic N) is 2. The molecule has 0 radical (unpaired) electrons. The van der Waals surface area contributed by atoms with E-state index in [-0.39, 0.29) is 17.7 Å². The van der Waals surface area contributed by atoms with Crippen molar-refractivity contribution in [3.05, 3.63) is 40.3 Å². The number of piperidine rings is 1. The molecule has 1 N–H and O–H groups in total. The Kier molecular flexibility index (Phi) is 6.28. The topological polar surface area (TPSA) is 80.8 Å². The summed E-state index contributed by atoms with van der Waals surface area (Å²) in [6.45, 7) is 1.87. The summed E-state index contributed by atoms with van der Waals surface area (Å²) in [4.78, 5) is 30.9. The van der Waals surface area contributed by atoms with Gasteiger partial charge in [0.2, 0.25) is 0 Å². The Hall–Kier alpha value is -2.61. The van der Waals surface area contributed by atoms with Crippen molar-refractivity contribution in [3.8, 4) is 11.5 Å². The summed E-state index contributed by atoms with van der Waals surface area (Å²) in [5, 5.41) is 4.73. The summed E-state index contributed by atoms with van der Waals surface area (Å²) in [6.07, 6.45) is 1.89. The molecule has 1 saturated heterocycles. The lowest BCUT2D eigenvalue weighted by Gasteiger charge is -2.32. The van der Waals surface area contributed by atoms with E-state index in [1.165, 1.54) is 11.3 Å². The molecule has 0 unspecified atom stereocenters. The molecule has 1 fully saturated rings. The maximum absolute atomic E-state index is 12.5. The van der Waals surface area contributed by atoms with Crippen molar-refractivity contribution in [3.63, 3.8) is 0 Å². The third kappa shape index (κ3) is 4.77. The van der Waals surface area contributed by atoms with Crippen molar-refractivity contribution < 1.29 is 19.1 Å². The number of hydrogen-bond donors (Lipinski definition) is 1. The first kappa shape index (κ1) is 19.2. The Labute approximate surface area is 162 Å². The molecule has 7 nitrogen and oxygen atoms in total. The van der Waals surface area contributed by atoms with Crippen LogP contribution in [0.4, 0.5) is 0 Å². The Bertz CT molecular complexity index is 772. The molecule has 1 atom stereocenters. The average Bonchev–Trinajstić information content (AvgIpc) is 3.26. The summed E-state index contributed by atoms with van der Waals surface area (Å²) in [5.74, 6) is 1.13. The highest BCUT2D eigenvalue weighted by molar-refractivity contribution is 7.07. The quantitative estimate of drug-likeness (QED) is 0.821. The molecular weight excluding hydrogens is 366 g/mol. The van der Waals surface area contributed by atoms with Gasteiger partial charge in [0.05, 0.1) is 19.7 Å². The van der Waals surface area contributed by atoms with Crippen LogP contribution in [0.15, 0.2) is 29.1 Å². The third-order valence-electron chi connectivity index (χ3n) is 4.62. The first-order valence-corrected chi connectivity index (χ1v) is 9.73. The number of thiazole rings is 1. The highest BCUT2D eigenvalue weighted by atomic mass is 32.1. The number of ether oxygens (including phenoxy) is 2. The van der Waals surface area contributed by atoms with Crippen LogP contribution >= 0.6 is 11.3 Å². The van der Waals surface area contributed by atoms with Crippen LogP contribution in [-0.4, -0.2) is 55.6 Å². The van der Waals surface area contributed by atoms with Crippen molar-refractivity contribution >= 4 is 23.2 Å². The third-order valence-corrected chi connectivity index (χ3v) is 5.21. The molecular formula is C19H23N3O4S. The number of rotatable bonds is 6. The summed E-state index contributed by atoms with van der Waals surface area (Å²) in [5.41, 5.74) is 2.64. The normalized spacial score (nSPS) is 16.7. The minimum Gasteiger partial charge on any atom is -0.497 e. The highest BCUT2D eigenvalue weighted by Crippen LogP contribution is 2.23. The number of likely N-dealkylation sites (tertiary alicyclic amines) is 1. The van der Waals surface area contributed by atoms with Crippen molar-refractivity contribution in [1.82, 2.24) is 15.2 Å². The largest absolute Gasteiger partial charge is 0.497 e. The van der Waals surface area contributed by atoms with E-state index in [0.29, 0.717) is 35.8 Å². The van der Waals surface area contributed by atoms with E-state index < -0.39 is 0 Å². The molecule has 2 amide bonds. The number of methoxy groups -OCH3 is 2. The molecule has 1 aromatic heterocycles. The maximum atomic E-state index is 12.5. The van der Waals surface area contributed by atoms with E-state index in [4.69, 9.17) is 9.47 Å². The molecule has 3 rings (SSSR count). The number of carbonyl (C=O) groups is 2. The van der Waals surface area contributed by atoms with Crippen LogP contribution < -0.4 is 14.8 Å². The van der Waals surface area contributed by atoms with Gasteiger partial charge in [0.25, 0.3) is 11.8 Å². The van der Waals surface area contributed by atoms with E-state index in [1.54, 1.807) is 43.3 Å². The predicted molar refractivity (Wildman–Crippen MR) is 103 cm³/mol. The SMILES string of the molecule is COc1cc(OC)cc(C(=O)NC[C@@H]2CCCN(C(=O)c3cscn3)C2)c1. The highest BCUT2D eigenvalue weighted by Gasteiger charge is 2.25. The number of aromatic nitrogens is 1. The predicted octanol–water partition coefficient (Wildman–Crippen LogP) is 2.44. The lowest BCUT2D eigenvalue weighted by atomic mass is 9.97. The molecule has 27 heavy (non-hydrogen) atoms. The zero-order valence-electron chi connectivity index (χ0n) is 15.4. The zero-order valence-corrected chi connectivity index (χ0v) is 16.3. The van der Waals surface area contributed by atoms with Gasteiger partial charge in [0.1, 0.15) is 17.2 Å². The van der Waals surface area contributed by atoms with Crippen molar-refractivity contribution in [1.29, 1.82) is 0 Å². The number of carbonyl (C=O) groups excluding carboxylic acids is 2. The molecule has 8 heteroatoms. The van der Waals surface area contributed by atoms with E-state index in [9.17, 15) is 9.59 Å². The molecule has 1 aliphatic rings. The van der Waals surface area contributed by atoms with Gasteiger partial charge in [-0.15, -0.1) is 11.3 Å². The molecule has 0 saturated carbocycles. The van der Waals surface area contributed by atoms with Gasteiger partial charge in [-0.25, -0.2) is 4.98 Å². The van der Waals surface area contributed by atoms with Crippen molar-refractivity contribution in [2.45, 2.75) is 12.8 Å². The van der Waals surface area contributed by atoms with Gasteiger partial charge in [0.15, 0.2) is 0 Å². The second-order valence-corrected chi connectivity index (χ2v) is 7.16. The van der Waals surface area contributed by atoms with Crippen molar-refractivity contribution in [2.24, 2.45) is 5.92 Å². The van der Waals surface area contributed by atoms with E-state index >= 15 is 0 Å². The Morgan fingerprint density at radius 3 is 2.63 bits per heavy atom. The van der Waals surface area contributed by atoms with Gasteiger partial charge in [-0.05, 0) is 30.9 Å². The Morgan fingerprint density at radius 1 is 1.26 bits per heavy atom.